The number of rotatable bonds is 2. The summed E-state index contributed by atoms with van der Waals surface area (Å²) in [6.07, 6.45) is 5.99. The minimum absolute atomic E-state index is 0.125. The fourth-order valence-corrected chi connectivity index (χ4v) is 1.17. The largest absolute Gasteiger partial charge is 0.459 e. The fraction of sp³-hybridized carbons (Fsp3) is 0. The maximum absolute atomic E-state index is 10.9. The van der Waals surface area contributed by atoms with Crippen molar-refractivity contribution >= 4 is 5.91 Å². The number of nitrogens with two attached hydrogens (primary N) is 1. The Morgan fingerprint density at radius 2 is 2.07 bits per heavy atom. The van der Waals surface area contributed by atoms with Crippen molar-refractivity contribution in [3.05, 3.63) is 36.8 Å². The topological polar surface area (TPSA) is 82.0 Å². The summed E-state index contributed by atoms with van der Waals surface area (Å²) in [4.78, 5) is 18.6. The Bertz CT molecular complexity index is 450. The summed E-state index contributed by atoms with van der Waals surface area (Å²) in [7, 11) is 0. The molecule has 1 amide bonds. The molecule has 0 saturated heterocycles. The molecule has 2 heterocycles. The third kappa shape index (κ3) is 1.35. The van der Waals surface area contributed by atoms with E-state index in [-0.39, 0.29) is 5.76 Å². The highest BCUT2D eigenvalue weighted by Crippen LogP contribution is 2.22. The van der Waals surface area contributed by atoms with E-state index < -0.39 is 5.91 Å². The lowest BCUT2D eigenvalue weighted by molar-refractivity contribution is 0.0975. The minimum Gasteiger partial charge on any atom is -0.459 e. The first-order chi connectivity index (χ1) is 6.79. The van der Waals surface area contributed by atoms with Gasteiger partial charge in [-0.3, -0.25) is 4.79 Å². The van der Waals surface area contributed by atoms with Crippen LogP contribution in [0.1, 0.15) is 10.6 Å². The van der Waals surface area contributed by atoms with Crippen LogP contribution in [-0.2, 0) is 0 Å². The summed E-state index contributed by atoms with van der Waals surface area (Å²) in [6, 6.07) is 1.65. The number of carbonyl (C=O) groups is 1. The first-order valence-corrected chi connectivity index (χ1v) is 3.91. The molecule has 0 bridgehead atoms. The molecule has 0 saturated carbocycles. The van der Waals surface area contributed by atoms with Crippen molar-refractivity contribution in [2.24, 2.45) is 5.73 Å². The van der Waals surface area contributed by atoms with Crippen molar-refractivity contribution in [2.75, 3.05) is 0 Å². The Morgan fingerprint density at radius 3 is 2.71 bits per heavy atom. The molecule has 70 valence electrons. The van der Waals surface area contributed by atoms with Gasteiger partial charge in [-0.2, -0.15) is 0 Å². The molecule has 14 heavy (non-hydrogen) atoms. The van der Waals surface area contributed by atoms with Gasteiger partial charge in [0.1, 0.15) is 6.33 Å². The van der Waals surface area contributed by atoms with Gasteiger partial charge >= 0.3 is 0 Å². The van der Waals surface area contributed by atoms with Crippen LogP contribution in [0.15, 0.2) is 35.5 Å². The molecule has 0 aromatic carbocycles. The molecular weight excluding hydrogens is 182 g/mol. The quantitative estimate of drug-likeness (QED) is 0.758. The van der Waals surface area contributed by atoms with E-state index in [9.17, 15) is 4.79 Å². The summed E-state index contributed by atoms with van der Waals surface area (Å²) in [5.41, 5.74) is 6.44. The zero-order valence-electron chi connectivity index (χ0n) is 7.18. The smallest absolute Gasteiger partial charge is 0.285 e. The number of hydrogen-bond acceptors (Lipinski definition) is 4. The molecule has 0 unspecified atom stereocenters. The molecule has 2 rings (SSSR count). The Morgan fingerprint density at radius 1 is 1.36 bits per heavy atom. The number of carbonyl (C=O) groups excluding carboxylic acids is 1. The maximum atomic E-state index is 10.9. The molecule has 0 aliphatic carbocycles. The highest BCUT2D eigenvalue weighted by Gasteiger charge is 2.13. The zero-order valence-corrected chi connectivity index (χ0v) is 7.18. The third-order valence-corrected chi connectivity index (χ3v) is 1.76. The Balaban J connectivity index is 2.52. The third-order valence-electron chi connectivity index (χ3n) is 1.76. The SMILES string of the molecule is NC(=O)c1occc1-c1cncnc1. The lowest BCUT2D eigenvalue weighted by Gasteiger charge is -1.96. The summed E-state index contributed by atoms with van der Waals surface area (Å²) >= 11 is 0. The van der Waals surface area contributed by atoms with Gasteiger partial charge in [-0.15, -0.1) is 0 Å². The number of aromatic nitrogens is 2. The lowest BCUT2D eigenvalue weighted by Crippen LogP contribution is -2.10. The molecule has 2 aromatic heterocycles. The number of amides is 1. The highest BCUT2D eigenvalue weighted by molar-refractivity contribution is 5.96. The summed E-state index contributed by atoms with van der Waals surface area (Å²) < 4.78 is 4.95. The van der Waals surface area contributed by atoms with Gasteiger partial charge in [0, 0.05) is 23.5 Å². The monoisotopic (exact) mass is 189 g/mol. The number of furan rings is 1. The first-order valence-electron chi connectivity index (χ1n) is 3.91. The van der Waals surface area contributed by atoms with E-state index in [0.29, 0.717) is 11.1 Å². The predicted octanol–water partition coefficient (Wildman–Crippen LogP) is 0.835. The molecule has 0 aliphatic rings. The van der Waals surface area contributed by atoms with Crippen LogP contribution >= 0.6 is 0 Å². The van der Waals surface area contributed by atoms with Crippen molar-refractivity contribution in [3.63, 3.8) is 0 Å². The second-order valence-corrected chi connectivity index (χ2v) is 2.65. The average molecular weight is 189 g/mol. The van der Waals surface area contributed by atoms with E-state index in [4.69, 9.17) is 10.2 Å². The summed E-state index contributed by atoms with van der Waals surface area (Å²) in [6.45, 7) is 0. The standard InChI is InChI=1S/C9H7N3O2/c10-9(13)8-7(1-2-14-8)6-3-11-5-12-4-6/h1-5H,(H2,10,13). The molecule has 0 atom stereocenters. The van der Waals surface area contributed by atoms with Gasteiger partial charge in [0.2, 0.25) is 0 Å². The Kier molecular flexibility index (Phi) is 1.98. The van der Waals surface area contributed by atoms with Crippen molar-refractivity contribution in [3.8, 4) is 11.1 Å². The van der Waals surface area contributed by atoms with Gasteiger partial charge in [-0.25, -0.2) is 9.97 Å². The van der Waals surface area contributed by atoms with E-state index in [0.717, 1.165) is 0 Å². The predicted molar refractivity (Wildman–Crippen MR) is 48.3 cm³/mol. The van der Waals surface area contributed by atoms with Crippen molar-refractivity contribution in [1.82, 2.24) is 9.97 Å². The van der Waals surface area contributed by atoms with E-state index in [1.54, 1.807) is 18.5 Å². The molecule has 5 heteroatoms. The van der Waals surface area contributed by atoms with E-state index in [1.165, 1.54) is 12.6 Å². The molecule has 0 radical (unpaired) electrons. The van der Waals surface area contributed by atoms with Crippen LogP contribution in [0.2, 0.25) is 0 Å². The van der Waals surface area contributed by atoms with Crippen molar-refractivity contribution in [2.45, 2.75) is 0 Å². The van der Waals surface area contributed by atoms with Crippen LogP contribution < -0.4 is 5.73 Å². The molecule has 0 fully saturated rings. The maximum Gasteiger partial charge on any atom is 0.285 e. The van der Waals surface area contributed by atoms with Gasteiger partial charge in [-0.05, 0) is 6.07 Å². The van der Waals surface area contributed by atoms with Gasteiger partial charge in [0.15, 0.2) is 5.76 Å². The van der Waals surface area contributed by atoms with Crippen LogP contribution in [-0.4, -0.2) is 15.9 Å². The summed E-state index contributed by atoms with van der Waals surface area (Å²) in [5.74, 6) is -0.478. The number of primary amides is 1. The highest BCUT2D eigenvalue weighted by atomic mass is 16.3. The van der Waals surface area contributed by atoms with Gasteiger partial charge in [0.05, 0.1) is 6.26 Å². The zero-order chi connectivity index (χ0) is 9.97. The summed E-state index contributed by atoms with van der Waals surface area (Å²) in [5, 5.41) is 0. The van der Waals surface area contributed by atoms with Crippen LogP contribution in [0, 0.1) is 0 Å². The molecule has 5 nitrogen and oxygen atoms in total. The Labute approximate surface area is 79.6 Å². The first kappa shape index (κ1) is 8.43. The van der Waals surface area contributed by atoms with Crippen LogP contribution in [0.4, 0.5) is 0 Å². The van der Waals surface area contributed by atoms with Crippen LogP contribution in [0.3, 0.4) is 0 Å². The number of hydrogen-bond donors (Lipinski definition) is 1. The second-order valence-electron chi connectivity index (χ2n) is 2.65. The van der Waals surface area contributed by atoms with Crippen LogP contribution in [0.5, 0.6) is 0 Å². The van der Waals surface area contributed by atoms with E-state index >= 15 is 0 Å². The van der Waals surface area contributed by atoms with Gasteiger partial charge in [0.25, 0.3) is 5.91 Å². The molecule has 2 aromatic rings. The van der Waals surface area contributed by atoms with Gasteiger partial charge in [-0.1, -0.05) is 0 Å². The molecule has 0 aliphatic heterocycles. The van der Waals surface area contributed by atoms with E-state index in [1.807, 2.05) is 0 Å². The number of nitrogens with zero attached hydrogens (tertiary/aromatic N) is 2. The lowest BCUT2D eigenvalue weighted by atomic mass is 10.1. The fourth-order valence-electron chi connectivity index (χ4n) is 1.17. The van der Waals surface area contributed by atoms with Crippen LogP contribution in [0.25, 0.3) is 11.1 Å². The average Bonchev–Trinajstić information content (AvgIpc) is 2.67. The molecule has 2 N–H and O–H groups in total. The Hall–Kier alpha value is -2.17. The van der Waals surface area contributed by atoms with Crippen molar-refractivity contribution < 1.29 is 9.21 Å². The molecule has 0 spiro atoms. The van der Waals surface area contributed by atoms with Crippen molar-refractivity contribution in [1.29, 1.82) is 0 Å². The molecular formula is C9H7N3O2. The second kappa shape index (κ2) is 3.29. The van der Waals surface area contributed by atoms with E-state index in [2.05, 4.69) is 9.97 Å². The normalized spacial score (nSPS) is 10.0. The van der Waals surface area contributed by atoms with Gasteiger partial charge < -0.3 is 10.2 Å². The minimum atomic E-state index is -0.603.